The summed E-state index contributed by atoms with van der Waals surface area (Å²) < 4.78 is 12.1. The summed E-state index contributed by atoms with van der Waals surface area (Å²) in [7, 11) is 0. The van der Waals surface area contributed by atoms with Gasteiger partial charge >= 0.3 is 0 Å². The zero-order valence-electron chi connectivity index (χ0n) is 17.0. The van der Waals surface area contributed by atoms with Crippen molar-refractivity contribution in [2.45, 2.75) is 19.9 Å². The molecule has 164 valence electrons. The number of aromatic nitrogens is 1. The van der Waals surface area contributed by atoms with E-state index in [4.69, 9.17) is 9.47 Å². The molecule has 3 aromatic rings. The monoisotopic (exact) mass is 455 g/mol. The molecule has 1 aliphatic rings. The van der Waals surface area contributed by atoms with Crippen molar-refractivity contribution in [1.82, 2.24) is 4.68 Å². The minimum absolute atomic E-state index is 0.0132. The highest BCUT2D eigenvalue weighted by Crippen LogP contribution is 2.37. The van der Waals surface area contributed by atoms with Gasteiger partial charge in [0.15, 0.2) is 11.5 Å². The molecular formula is C20H17N5O6S. The molecule has 0 spiro atoms. The number of hydrogen-bond acceptors (Lipinski definition) is 9. The SMILES string of the molecule is CC(C)N=c1scc(-c2cccc([N+](=O)[O-])c2)n1N=Cc1cc2c(cc1[N+](=O)[O-])OCO2. The smallest absolute Gasteiger partial charge is 0.282 e. The van der Waals surface area contributed by atoms with Gasteiger partial charge in [0.2, 0.25) is 11.6 Å². The molecule has 0 N–H and O–H groups in total. The van der Waals surface area contributed by atoms with Gasteiger partial charge in [-0.05, 0) is 19.9 Å². The average molecular weight is 455 g/mol. The van der Waals surface area contributed by atoms with Gasteiger partial charge in [0.05, 0.1) is 33.4 Å². The summed E-state index contributed by atoms with van der Waals surface area (Å²) in [5.41, 5.74) is 1.11. The van der Waals surface area contributed by atoms with E-state index in [-0.39, 0.29) is 29.8 Å². The van der Waals surface area contributed by atoms with Crippen molar-refractivity contribution in [3.05, 3.63) is 72.4 Å². The first-order chi connectivity index (χ1) is 15.3. The summed E-state index contributed by atoms with van der Waals surface area (Å²) in [6.45, 7) is 3.80. The van der Waals surface area contributed by atoms with E-state index in [2.05, 4.69) is 10.1 Å². The number of fused-ring (bicyclic) bond motifs is 1. The van der Waals surface area contributed by atoms with Gasteiger partial charge in [-0.3, -0.25) is 25.2 Å². The Labute approximate surface area is 185 Å². The van der Waals surface area contributed by atoms with Crippen LogP contribution in [0.15, 0.2) is 51.9 Å². The Morgan fingerprint density at radius 2 is 1.88 bits per heavy atom. The first-order valence-electron chi connectivity index (χ1n) is 9.45. The molecule has 2 aromatic carbocycles. The molecule has 0 radical (unpaired) electrons. The zero-order valence-corrected chi connectivity index (χ0v) is 17.8. The van der Waals surface area contributed by atoms with Crippen LogP contribution in [0.2, 0.25) is 0 Å². The van der Waals surface area contributed by atoms with Gasteiger partial charge in [0.1, 0.15) is 0 Å². The summed E-state index contributed by atoms with van der Waals surface area (Å²) in [6, 6.07) is 8.90. The number of benzene rings is 2. The maximum absolute atomic E-state index is 11.5. The van der Waals surface area contributed by atoms with Crippen LogP contribution in [-0.2, 0) is 0 Å². The van der Waals surface area contributed by atoms with Crippen LogP contribution in [0, 0.1) is 20.2 Å². The third-order valence-corrected chi connectivity index (χ3v) is 5.27. The Bertz CT molecular complexity index is 1310. The van der Waals surface area contributed by atoms with Crippen molar-refractivity contribution < 1.29 is 19.3 Å². The van der Waals surface area contributed by atoms with Crippen LogP contribution < -0.4 is 14.3 Å². The van der Waals surface area contributed by atoms with Crippen molar-refractivity contribution in [2.24, 2.45) is 10.1 Å². The van der Waals surface area contributed by atoms with Gasteiger partial charge in [-0.25, -0.2) is 4.68 Å². The fraction of sp³-hybridized carbons (Fsp3) is 0.200. The molecular weight excluding hydrogens is 438 g/mol. The zero-order chi connectivity index (χ0) is 22.8. The molecule has 32 heavy (non-hydrogen) atoms. The third-order valence-electron chi connectivity index (χ3n) is 4.44. The van der Waals surface area contributed by atoms with E-state index < -0.39 is 9.85 Å². The summed E-state index contributed by atoms with van der Waals surface area (Å²) in [4.78, 5) is 26.8. The number of hydrogen-bond donors (Lipinski definition) is 0. The van der Waals surface area contributed by atoms with Crippen molar-refractivity contribution >= 4 is 28.9 Å². The second kappa shape index (κ2) is 8.59. The van der Waals surface area contributed by atoms with Gasteiger partial charge in [0, 0.05) is 29.1 Å². The molecule has 4 rings (SSSR count). The predicted molar refractivity (Wildman–Crippen MR) is 117 cm³/mol. The normalized spacial score (nSPS) is 13.3. The van der Waals surface area contributed by atoms with Gasteiger partial charge in [-0.15, -0.1) is 11.3 Å². The van der Waals surface area contributed by atoms with Crippen LogP contribution in [0.3, 0.4) is 0 Å². The maximum atomic E-state index is 11.5. The van der Waals surface area contributed by atoms with Crippen LogP contribution in [-0.4, -0.2) is 33.6 Å². The molecule has 1 aromatic heterocycles. The minimum atomic E-state index is -0.525. The van der Waals surface area contributed by atoms with Gasteiger partial charge in [-0.2, -0.15) is 5.10 Å². The van der Waals surface area contributed by atoms with E-state index in [9.17, 15) is 20.2 Å². The number of nitro groups is 2. The number of thiazole rings is 1. The lowest BCUT2D eigenvalue weighted by Crippen LogP contribution is -2.14. The molecule has 1 aliphatic heterocycles. The molecule has 2 heterocycles. The molecule has 12 heteroatoms. The van der Waals surface area contributed by atoms with Crippen LogP contribution in [0.5, 0.6) is 11.5 Å². The molecule has 0 atom stereocenters. The summed E-state index contributed by atoms with van der Waals surface area (Å²) in [6.07, 6.45) is 1.34. The van der Waals surface area contributed by atoms with Crippen molar-refractivity contribution in [3.8, 4) is 22.8 Å². The largest absolute Gasteiger partial charge is 0.454 e. The van der Waals surface area contributed by atoms with Gasteiger partial charge in [-0.1, -0.05) is 12.1 Å². The van der Waals surface area contributed by atoms with Crippen molar-refractivity contribution in [2.75, 3.05) is 6.79 Å². The third kappa shape index (κ3) is 4.21. The van der Waals surface area contributed by atoms with Crippen LogP contribution in [0.1, 0.15) is 19.4 Å². The lowest BCUT2D eigenvalue weighted by atomic mass is 10.1. The molecule has 0 unspecified atom stereocenters. The molecule has 0 aliphatic carbocycles. The van der Waals surface area contributed by atoms with E-state index in [1.54, 1.807) is 17.5 Å². The van der Waals surface area contributed by atoms with Crippen LogP contribution >= 0.6 is 11.3 Å². The first-order valence-corrected chi connectivity index (χ1v) is 10.3. The number of non-ortho nitro benzene ring substituents is 1. The number of ether oxygens (including phenoxy) is 2. The lowest BCUT2D eigenvalue weighted by molar-refractivity contribution is -0.385. The van der Waals surface area contributed by atoms with E-state index in [0.717, 1.165) is 0 Å². The lowest BCUT2D eigenvalue weighted by Gasteiger charge is -2.05. The standard InChI is InChI=1S/C20H17N5O6S/c1-12(2)22-20-23(17(10-32-20)13-4-3-5-15(6-13)24(26)27)21-9-14-7-18-19(31-11-30-18)8-16(14)25(28)29/h3-10,12H,11H2,1-2H3. The van der Waals surface area contributed by atoms with Crippen molar-refractivity contribution in [1.29, 1.82) is 0 Å². The Hall–Kier alpha value is -4.06. The average Bonchev–Trinajstić information content (AvgIpc) is 3.37. The minimum Gasteiger partial charge on any atom is -0.454 e. The van der Waals surface area contributed by atoms with E-state index in [1.807, 2.05) is 13.8 Å². The van der Waals surface area contributed by atoms with E-state index >= 15 is 0 Å². The van der Waals surface area contributed by atoms with E-state index in [0.29, 0.717) is 27.6 Å². The summed E-state index contributed by atoms with van der Waals surface area (Å²) in [5, 5.41) is 29.0. The highest BCUT2D eigenvalue weighted by atomic mass is 32.1. The van der Waals surface area contributed by atoms with E-state index in [1.165, 1.54) is 46.5 Å². The summed E-state index contributed by atoms with van der Waals surface area (Å²) >= 11 is 1.31. The highest BCUT2D eigenvalue weighted by molar-refractivity contribution is 7.07. The fourth-order valence-electron chi connectivity index (χ4n) is 3.03. The molecule has 0 saturated carbocycles. The molecule has 11 nitrogen and oxygen atoms in total. The molecule has 0 amide bonds. The van der Waals surface area contributed by atoms with Crippen molar-refractivity contribution in [3.63, 3.8) is 0 Å². The Morgan fingerprint density at radius 1 is 1.12 bits per heavy atom. The topological polar surface area (TPSA) is 134 Å². The van der Waals surface area contributed by atoms with Gasteiger partial charge in [0.25, 0.3) is 11.4 Å². The van der Waals surface area contributed by atoms with Crippen LogP contribution in [0.25, 0.3) is 11.3 Å². The number of nitrogens with zero attached hydrogens (tertiary/aromatic N) is 5. The van der Waals surface area contributed by atoms with Crippen LogP contribution in [0.4, 0.5) is 11.4 Å². The predicted octanol–water partition coefficient (Wildman–Crippen LogP) is 3.95. The maximum Gasteiger partial charge on any atom is 0.282 e. The second-order valence-electron chi connectivity index (χ2n) is 7.01. The first kappa shape index (κ1) is 21.2. The number of rotatable bonds is 6. The quantitative estimate of drug-likeness (QED) is 0.314. The Kier molecular flexibility index (Phi) is 5.69. The highest BCUT2D eigenvalue weighted by Gasteiger charge is 2.22. The Morgan fingerprint density at radius 3 is 2.56 bits per heavy atom. The Balaban J connectivity index is 1.85. The molecule has 0 bridgehead atoms. The molecule has 0 fully saturated rings. The molecule has 0 saturated heterocycles. The fourth-order valence-corrected chi connectivity index (χ4v) is 4.00. The summed E-state index contributed by atoms with van der Waals surface area (Å²) in [5.74, 6) is 0.684. The van der Waals surface area contributed by atoms with Gasteiger partial charge < -0.3 is 9.47 Å². The number of nitro benzene ring substituents is 2. The second-order valence-corrected chi connectivity index (χ2v) is 7.85.